The molecule has 2 aromatic heterocycles. The van der Waals surface area contributed by atoms with Crippen molar-refractivity contribution in [3.63, 3.8) is 0 Å². The Morgan fingerprint density at radius 1 is 1.45 bits per heavy atom. The molecule has 1 atom stereocenters. The van der Waals surface area contributed by atoms with E-state index in [-0.39, 0.29) is 11.9 Å². The number of amides is 1. The van der Waals surface area contributed by atoms with Gasteiger partial charge in [0, 0.05) is 11.9 Å². The van der Waals surface area contributed by atoms with Crippen LogP contribution in [0.4, 0.5) is 0 Å². The third-order valence-electron chi connectivity index (χ3n) is 3.42. The number of thiophene rings is 1. The molecule has 0 saturated carbocycles. The van der Waals surface area contributed by atoms with Crippen LogP contribution < -0.4 is 0 Å². The Balaban J connectivity index is 1.89. The number of thiazole rings is 1. The van der Waals surface area contributed by atoms with Gasteiger partial charge < -0.3 is 9.64 Å². The molecule has 1 amide bonds. The number of aryl methyl sites for hydroxylation is 2. The Kier molecular flexibility index (Phi) is 3.87. The number of hydrogen-bond acceptors (Lipinski definition) is 5. The monoisotopic (exact) mass is 308 g/mol. The fourth-order valence-electron chi connectivity index (χ4n) is 2.35. The van der Waals surface area contributed by atoms with Crippen LogP contribution in [-0.4, -0.2) is 35.5 Å². The van der Waals surface area contributed by atoms with Gasteiger partial charge in [-0.1, -0.05) is 0 Å². The third kappa shape index (κ3) is 2.51. The number of aromatic nitrogens is 1. The second-order valence-corrected chi connectivity index (χ2v) is 6.79. The highest BCUT2D eigenvalue weighted by molar-refractivity contribution is 7.12. The molecule has 3 heterocycles. The lowest BCUT2D eigenvalue weighted by Gasteiger charge is -2.34. The Morgan fingerprint density at radius 2 is 2.30 bits per heavy atom. The summed E-state index contributed by atoms with van der Waals surface area (Å²) < 4.78 is 5.55. The van der Waals surface area contributed by atoms with Crippen molar-refractivity contribution in [3.8, 4) is 0 Å². The van der Waals surface area contributed by atoms with E-state index in [4.69, 9.17) is 4.74 Å². The van der Waals surface area contributed by atoms with Crippen LogP contribution in [0.2, 0.25) is 0 Å². The van der Waals surface area contributed by atoms with E-state index in [1.165, 1.54) is 11.3 Å². The molecule has 6 heteroatoms. The Hall–Kier alpha value is -1.24. The molecule has 0 spiro atoms. The predicted octanol–water partition coefficient (Wildman–Crippen LogP) is 3.04. The molecule has 1 saturated heterocycles. The second kappa shape index (κ2) is 5.63. The standard InChI is InChI=1S/C14H16N2O2S2/c1-9-3-6-19-13(9)14(17)16-4-5-18-7-12(16)11-8-20-10(2)15-11/h3,6,8,12H,4-5,7H2,1-2H3/t12-/m1/s1. The van der Waals surface area contributed by atoms with Crippen molar-refractivity contribution in [2.24, 2.45) is 0 Å². The Labute approximate surface area is 126 Å². The topological polar surface area (TPSA) is 42.4 Å². The van der Waals surface area contributed by atoms with Crippen molar-refractivity contribution in [2.75, 3.05) is 19.8 Å². The van der Waals surface area contributed by atoms with Crippen molar-refractivity contribution in [1.82, 2.24) is 9.88 Å². The van der Waals surface area contributed by atoms with Crippen LogP contribution in [0.25, 0.3) is 0 Å². The zero-order chi connectivity index (χ0) is 14.1. The van der Waals surface area contributed by atoms with E-state index in [2.05, 4.69) is 4.98 Å². The lowest BCUT2D eigenvalue weighted by atomic mass is 10.1. The van der Waals surface area contributed by atoms with Crippen LogP contribution in [-0.2, 0) is 4.74 Å². The van der Waals surface area contributed by atoms with Gasteiger partial charge in [-0.2, -0.15) is 0 Å². The Bertz CT molecular complexity index is 620. The minimum atomic E-state index is -0.0669. The molecular weight excluding hydrogens is 292 g/mol. The smallest absolute Gasteiger partial charge is 0.264 e. The molecule has 1 aliphatic rings. The fourth-order valence-corrected chi connectivity index (χ4v) is 3.89. The first-order chi connectivity index (χ1) is 9.66. The van der Waals surface area contributed by atoms with Crippen LogP contribution in [0.1, 0.15) is 32.0 Å². The number of ether oxygens (including phenoxy) is 1. The van der Waals surface area contributed by atoms with E-state index in [9.17, 15) is 4.79 Å². The molecule has 106 valence electrons. The summed E-state index contributed by atoms with van der Waals surface area (Å²) in [5.74, 6) is 0.0939. The van der Waals surface area contributed by atoms with Crippen molar-refractivity contribution in [3.05, 3.63) is 38.0 Å². The van der Waals surface area contributed by atoms with E-state index < -0.39 is 0 Å². The summed E-state index contributed by atoms with van der Waals surface area (Å²) in [6.45, 7) is 5.70. The lowest BCUT2D eigenvalue weighted by molar-refractivity contribution is -0.00353. The summed E-state index contributed by atoms with van der Waals surface area (Å²) in [4.78, 5) is 20.0. The SMILES string of the molecule is Cc1nc([C@H]2COCCN2C(=O)c2sccc2C)cs1. The number of nitrogens with zero attached hydrogens (tertiary/aromatic N) is 2. The Morgan fingerprint density at radius 3 is 2.95 bits per heavy atom. The van der Waals surface area contributed by atoms with Gasteiger partial charge in [-0.25, -0.2) is 4.98 Å². The first-order valence-electron chi connectivity index (χ1n) is 6.51. The molecule has 2 aromatic rings. The highest BCUT2D eigenvalue weighted by atomic mass is 32.1. The molecule has 0 radical (unpaired) electrons. The molecule has 1 aliphatic heterocycles. The molecule has 0 aromatic carbocycles. The van der Waals surface area contributed by atoms with E-state index in [0.717, 1.165) is 21.1 Å². The van der Waals surface area contributed by atoms with Crippen LogP contribution in [0.5, 0.6) is 0 Å². The number of morpholine rings is 1. The van der Waals surface area contributed by atoms with Gasteiger partial charge in [0.25, 0.3) is 5.91 Å². The zero-order valence-corrected chi connectivity index (χ0v) is 13.1. The van der Waals surface area contributed by atoms with E-state index in [0.29, 0.717) is 19.8 Å². The van der Waals surface area contributed by atoms with Gasteiger partial charge in [-0.15, -0.1) is 22.7 Å². The van der Waals surface area contributed by atoms with Crippen molar-refractivity contribution < 1.29 is 9.53 Å². The fraction of sp³-hybridized carbons (Fsp3) is 0.429. The maximum absolute atomic E-state index is 12.7. The normalized spacial score (nSPS) is 19.3. The molecule has 4 nitrogen and oxygen atoms in total. The molecule has 1 fully saturated rings. The highest BCUT2D eigenvalue weighted by Crippen LogP contribution is 2.29. The highest BCUT2D eigenvalue weighted by Gasteiger charge is 2.31. The van der Waals surface area contributed by atoms with E-state index >= 15 is 0 Å². The minimum Gasteiger partial charge on any atom is -0.377 e. The van der Waals surface area contributed by atoms with Gasteiger partial charge in [0.15, 0.2) is 0 Å². The zero-order valence-electron chi connectivity index (χ0n) is 11.5. The summed E-state index contributed by atoms with van der Waals surface area (Å²) in [7, 11) is 0. The van der Waals surface area contributed by atoms with Crippen LogP contribution in [0, 0.1) is 13.8 Å². The average molecular weight is 308 g/mol. The van der Waals surface area contributed by atoms with Gasteiger partial charge in [0.2, 0.25) is 0 Å². The first kappa shape index (κ1) is 13.7. The lowest BCUT2D eigenvalue weighted by Crippen LogP contribution is -2.43. The van der Waals surface area contributed by atoms with Crippen molar-refractivity contribution in [2.45, 2.75) is 19.9 Å². The first-order valence-corrected chi connectivity index (χ1v) is 8.27. The molecule has 0 unspecified atom stereocenters. The molecule has 0 bridgehead atoms. The quantitative estimate of drug-likeness (QED) is 0.856. The van der Waals surface area contributed by atoms with Crippen molar-refractivity contribution in [1.29, 1.82) is 0 Å². The third-order valence-corrected chi connectivity index (χ3v) is 5.22. The average Bonchev–Trinajstić information content (AvgIpc) is 3.07. The minimum absolute atomic E-state index is 0.0669. The van der Waals surface area contributed by atoms with Crippen molar-refractivity contribution >= 4 is 28.6 Å². The van der Waals surface area contributed by atoms with Crippen LogP contribution in [0.3, 0.4) is 0 Å². The van der Waals surface area contributed by atoms with Gasteiger partial charge >= 0.3 is 0 Å². The number of carbonyl (C=O) groups excluding carboxylic acids is 1. The maximum atomic E-state index is 12.7. The summed E-state index contributed by atoms with van der Waals surface area (Å²) in [6, 6.07) is 1.92. The molecular formula is C14H16N2O2S2. The summed E-state index contributed by atoms with van der Waals surface area (Å²) in [5, 5.41) is 5.01. The summed E-state index contributed by atoms with van der Waals surface area (Å²) in [5.41, 5.74) is 1.98. The van der Waals surface area contributed by atoms with Gasteiger partial charge in [-0.3, -0.25) is 4.79 Å². The maximum Gasteiger partial charge on any atom is 0.264 e. The van der Waals surface area contributed by atoms with Crippen LogP contribution in [0.15, 0.2) is 16.8 Å². The second-order valence-electron chi connectivity index (χ2n) is 4.81. The number of rotatable bonds is 2. The molecule has 0 N–H and O–H groups in total. The number of hydrogen-bond donors (Lipinski definition) is 0. The predicted molar refractivity (Wildman–Crippen MR) is 80.5 cm³/mol. The van der Waals surface area contributed by atoms with E-state index in [1.54, 1.807) is 11.3 Å². The van der Waals surface area contributed by atoms with Crippen LogP contribution >= 0.6 is 22.7 Å². The molecule has 3 rings (SSSR count). The number of carbonyl (C=O) groups is 1. The van der Waals surface area contributed by atoms with E-state index in [1.807, 2.05) is 35.6 Å². The van der Waals surface area contributed by atoms with Gasteiger partial charge in [0.1, 0.15) is 0 Å². The van der Waals surface area contributed by atoms with Gasteiger partial charge in [-0.05, 0) is 30.9 Å². The summed E-state index contributed by atoms with van der Waals surface area (Å²) >= 11 is 3.11. The largest absolute Gasteiger partial charge is 0.377 e. The molecule has 20 heavy (non-hydrogen) atoms. The van der Waals surface area contributed by atoms with Gasteiger partial charge in [0.05, 0.1) is 34.8 Å². The molecule has 0 aliphatic carbocycles. The summed E-state index contributed by atoms with van der Waals surface area (Å²) in [6.07, 6.45) is 0.